The van der Waals surface area contributed by atoms with Gasteiger partial charge in [-0.3, -0.25) is 13.9 Å². The van der Waals surface area contributed by atoms with E-state index in [1.54, 1.807) is 12.1 Å². The van der Waals surface area contributed by atoms with Gasteiger partial charge in [0.05, 0.1) is 11.9 Å². The van der Waals surface area contributed by atoms with E-state index in [9.17, 15) is 22.4 Å². The number of rotatable bonds is 12. The fourth-order valence-electron chi connectivity index (χ4n) is 4.00. The Hall–Kier alpha value is -3.14. The van der Waals surface area contributed by atoms with Gasteiger partial charge in [-0.15, -0.1) is 0 Å². The van der Waals surface area contributed by atoms with Crippen molar-refractivity contribution >= 4 is 50.7 Å². The van der Waals surface area contributed by atoms with Gasteiger partial charge in [-0.2, -0.15) is 0 Å². The molecule has 39 heavy (non-hydrogen) atoms. The van der Waals surface area contributed by atoms with Crippen LogP contribution in [0.2, 0.25) is 10.0 Å². The summed E-state index contributed by atoms with van der Waals surface area (Å²) in [5.74, 6) is -1.91. The highest BCUT2D eigenvalue weighted by Crippen LogP contribution is 2.26. The first-order valence-corrected chi connectivity index (χ1v) is 14.9. The second-order valence-corrected chi connectivity index (χ2v) is 11.7. The molecule has 7 nitrogen and oxygen atoms in total. The third-order valence-corrected chi connectivity index (χ3v) is 7.69. The molecule has 0 aliphatic rings. The number of sulfonamides is 1. The van der Waals surface area contributed by atoms with Gasteiger partial charge in [0.1, 0.15) is 18.4 Å². The second-order valence-electron chi connectivity index (χ2n) is 8.97. The molecule has 0 aliphatic heterocycles. The van der Waals surface area contributed by atoms with Crippen LogP contribution in [0.1, 0.15) is 24.5 Å². The molecule has 3 aromatic rings. The van der Waals surface area contributed by atoms with Crippen molar-refractivity contribution in [3.8, 4) is 0 Å². The fourth-order valence-corrected chi connectivity index (χ4v) is 5.32. The maximum atomic E-state index is 14.6. The molecule has 1 N–H and O–H groups in total. The average Bonchev–Trinajstić information content (AvgIpc) is 2.89. The van der Waals surface area contributed by atoms with E-state index in [1.165, 1.54) is 29.2 Å². The van der Waals surface area contributed by atoms with Gasteiger partial charge in [-0.1, -0.05) is 78.7 Å². The van der Waals surface area contributed by atoms with E-state index in [4.69, 9.17) is 23.2 Å². The quantitative estimate of drug-likeness (QED) is 0.318. The number of para-hydroxylation sites is 1. The number of carbonyl (C=O) groups excluding carboxylic acids is 2. The number of nitrogens with one attached hydrogen (secondary N) is 1. The lowest BCUT2D eigenvalue weighted by molar-refractivity contribution is -0.140. The summed E-state index contributed by atoms with van der Waals surface area (Å²) in [6.07, 6.45) is 1.73. The summed E-state index contributed by atoms with van der Waals surface area (Å²) in [6, 6.07) is 18.2. The zero-order valence-electron chi connectivity index (χ0n) is 21.6. The van der Waals surface area contributed by atoms with Crippen molar-refractivity contribution in [1.82, 2.24) is 10.2 Å². The van der Waals surface area contributed by atoms with Crippen LogP contribution in [0, 0.1) is 5.82 Å². The molecule has 208 valence electrons. The summed E-state index contributed by atoms with van der Waals surface area (Å²) < 4.78 is 40.8. The van der Waals surface area contributed by atoms with Crippen molar-refractivity contribution in [3.05, 3.63) is 99.8 Å². The van der Waals surface area contributed by atoms with Crippen molar-refractivity contribution < 1.29 is 22.4 Å². The van der Waals surface area contributed by atoms with E-state index in [2.05, 4.69) is 5.32 Å². The number of anilines is 1. The molecular formula is C28H30Cl2FN3O4S. The molecule has 0 bridgehead atoms. The molecule has 1 unspecified atom stereocenters. The Morgan fingerprint density at radius 3 is 2.28 bits per heavy atom. The van der Waals surface area contributed by atoms with E-state index in [1.807, 2.05) is 37.3 Å². The Morgan fingerprint density at radius 1 is 1.00 bits per heavy atom. The highest BCUT2D eigenvalue weighted by molar-refractivity contribution is 7.92. The monoisotopic (exact) mass is 593 g/mol. The Labute approximate surface area is 238 Å². The summed E-state index contributed by atoms with van der Waals surface area (Å²) in [6.45, 7) is 1.46. The van der Waals surface area contributed by atoms with Gasteiger partial charge < -0.3 is 10.2 Å². The minimum Gasteiger partial charge on any atom is -0.354 e. The zero-order chi connectivity index (χ0) is 28.6. The normalized spacial score (nSPS) is 12.0. The largest absolute Gasteiger partial charge is 0.354 e. The molecule has 2 amide bonds. The third-order valence-electron chi connectivity index (χ3n) is 5.98. The van der Waals surface area contributed by atoms with Crippen LogP contribution in [0.25, 0.3) is 0 Å². The topological polar surface area (TPSA) is 86.8 Å². The van der Waals surface area contributed by atoms with Gasteiger partial charge in [0, 0.05) is 29.6 Å². The lowest BCUT2D eigenvalue weighted by Crippen LogP contribution is -2.53. The maximum Gasteiger partial charge on any atom is 0.244 e. The van der Waals surface area contributed by atoms with Gasteiger partial charge in [-0.05, 0) is 41.8 Å². The minimum absolute atomic E-state index is 0.110. The van der Waals surface area contributed by atoms with Gasteiger partial charge in [0.15, 0.2) is 0 Å². The first-order valence-electron chi connectivity index (χ1n) is 12.3. The Kier molecular flexibility index (Phi) is 10.7. The lowest BCUT2D eigenvalue weighted by atomic mass is 10.0. The van der Waals surface area contributed by atoms with Gasteiger partial charge in [-0.25, -0.2) is 12.8 Å². The van der Waals surface area contributed by atoms with Crippen molar-refractivity contribution in [1.29, 1.82) is 0 Å². The highest BCUT2D eigenvalue weighted by Gasteiger charge is 2.33. The number of halogens is 3. The average molecular weight is 595 g/mol. The molecule has 0 spiro atoms. The van der Waals surface area contributed by atoms with Gasteiger partial charge in [0.2, 0.25) is 21.8 Å². The van der Waals surface area contributed by atoms with Crippen LogP contribution in [-0.2, 0) is 32.6 Å². The predicted molar refractivity (Wildman–Crippen MR) is 153 cm³/mol. The predicted octanol–water partition coefficient (Wildman–Crippen LogP) is 5.06. The summed E-state index contributed by atoms with van der Waals surface area (Å²) in [5, 5.41) is 3.52. The Bertz CT molecular complexity index is 1410. The molecule has 11 heteroatoms. The van der Waals surface area contributed by atoms with Gasteiger partial charge >= 0.3 is 0 Å². The van der Waals surface area contributed by atoms with Crippen LogP contribution in [0.5, 0.6) is 0 Å². The molecule has 0 aromatic heterocycles. The molecule has 1 atom stereocenters. The van der Waals surface area contributed by atoms with Crippen LogP contribution in [0.3, 0.4) is 0 Å². The molecule has 0 saturated heterocycles. The molecule has 0 radical (unpaired) electrons. The van der Waals surface area contributed by atoms with Crippen LogP contribution in [-0.4, -0.2) is 50.5 Å². The smallest absolute Gasteiger partial charge is 0.244 e. The van der Waals surface area contributed by atoms with Crippen molar-refractivity contribution in [2.45, 2.75) is 32.4 Å². The molecule has 0 fully saturated rings. The number of hydrogen-bond acceptors (Lipinski definition) is 4. The molecular weight excluding hydrogens is 564 g/mol. The molecule has 3 aromatic carbocycles. The number of hydrogen-bond donors (Lipinski definition) is 1. The number of carbonyl (C=O) groups is 2. The van der Waals surface area contributed by atoms with Crippen molar-refractivity contribution in [3.63, 3.8) is 0 Å². The Balaban J connectivity index is 2.08. The van der Waals surface area contributed by atoms with Crippen LogP contribution in [0.4, 0.5) is 10.1 Å². The summed E-state index contributed by atoms with van der Waals surface area (Å²) in [4.78, 5) is 28.6. The maximum absolute atomic E-state index is 14.6. The van der Waals surface area contributed by atoms with Crippen LogP contribution in [0.15, 0.2) is 72.8 Å². The lowest BCUT2D eigenvalue weighted by Gasteiger charge is -2.33. The first-order chi connectivity index (χ1) is 18.5. The Morgan fingerprint density at radius 2 is 1.67 bits per heavy atom. The van der Waals surface area contributed by atoms with Crippen molar-refractivity contribution in [2.24, 2.45) is 0 Å². The molecule has 0 heterocycles. The number of nitrogens with zero attached hydrogens (tertiary/aromatic N) is 2. The first kappa shape index (κ1) is 30.4. The van der Waals surface area contributed by atoms with E-state index >= 15 is 0 Å². The second kappa shape index (κ2) is 13.8. The van der Waals surface area contributed by atoms with Crippen molar-refractivity contribution in [2.75, 3.05) is 23.7 Å². The molecule has 0 aliphatic carbocycles. The van der Waals surface area contributed by atoms with E-state index in [-0.39, 0.29) is 23.7 Å². The van der Waals surface area contributed by atoms with Crippen LogP contribution < -0.4 is 9.62 Å². The summed E-state index contributed by atoms with van der Waals surface area (Å²) in [5.41, 5.74) is 1.03. The fraction of sp³-hybridized carbons (Fsp3) is 0.286. The summed E-state index contributed by atoms with van der Waals surface area (Å²) >= 11 is 12.5. The van der Waals surface area contributed by atoms with Gasteiger partial charge in [0.25, 0.3) is 0 Å². The molecule has 3 rings (SSSR count). The SMILES string of the molecule is CCCNC(=O)C(Cc1ccccc1)N(Cc1ccc(Cl)cc1Cl)C(=O)CN(c1ccccc1F)S(C)(=O)=O. The van der Waals surface area contributed by atoms with E-state index in [0.29, 0.717) is 27.9 Å². The van der Waals surface area contributed by atoms with E-state index < -0.39 is 40.2 Å². The third kappa shape index (κ3) is 8.42. The number of amides is 2. The minimum atomic E-state index is -4.07. The highest BCUT2D eigenvalue weighted by atomic mass is 35.5. The van der Waals surface area contributed by atoms with Crippen LogP contribution >= 0.6 is 23.2 Å². The number of benzene rings is 3. The van der Waals surface area contributed by atoms with E-state index in [0.717, 1.165) is 17.9 Å². The standard InChI is InChI=1S/C28H30Cl2FN3O4S/c1-3-15-32-28(36)26(16-20-9-5-4-6-10-20)33(18-21-13-14-22(29)17-23(21)30)27(35)19-34(39(2,37)38)25-12-8-7-11-24(25)31/h4-14,17,26H,3,15-16,18-19H2,1-2H3,(H,32,36). The molecule has 0 saturated carbocycles. The summed E-state index contributed by atoms with van der Waals surface area (Å²) in [7, 11) is -4.07. The zero-order valence-corrected chi connectivity index (χ0v) is 23.9.